The fraction of sp³-hybridized carbons (Fsp3) is 0.550. The lowest BCUT2D eigenvalue weighted by atomic mass is 9.84. The Morgan fingerprint density at radius 2 is 2.04 bits per heavy atom. The van der Waals surface area contributed by atoms with Gasteiger partial charge in [0.15, 0.2) is 5.43 Å². The van der Waals surface area contributed by atoms with Crippen LogP contribution in [0.2, 0.25) is 0 Å². The largest absolute Gasteiger partial charge is 0.507 e. The summed E-state index contributed by atoms with van der Waals surface area (Å²) in [5.41, 5.74) is -0.601. The van der Waals surface area contributed by atoms with Gasteiger partial charge in [-0.2, -0.15) is 0 Å². The Balaban J connectivity index is 1.99. The van der Waals surface area contributed by atoms with Crippen LogP contribution < -0.4 is 10.2 Å². The Bertz CT molecular complexity index is 855. The summed E-state index contributed by atoms with van der Waals surface area (Å²) in [7, 11) is 0. The second kappa shape index (κ2) is 7.29. The molecule has 2 unspecified atom stereocenters. The second-order valence-electron chi connectivity index (χ2n) is 7.26. The van der Waals surface area contributed by atoms with Crippen LogP contribution in [0.25, 0.3) is 11.0 Å². The molecular weight excluding hydrogens is 336 g/mol. The Morgan fingerprint density at radius 3 is 2.73 bits per heavy atom. The van der Waals surface area contributed by atoms with Gasteiger partial charge in [-0.1, -0.05) is 26.2 Å². The Morgan fingerprint density at radius 1 is 1.27 bits per heavy atom. The van der Waals surface area contributed by atoms with Gasteiger partial charge in [0.25, 0.3) is 0 Å². The molecule has 0 amide bonds. The van der Waals surface area contributed by atoms with Crippen molar-refractivity contribution in [3.8, 4) is 11.5 Å². The van der Waals surface area contributed by atoms with Gasteiger partial charge in [-0.25, -0.2) is 0 Å². The maximum absolute atomic E-state index is 12.2. The van der Waals surface area contributed by atoms with Crippen LogP contribution in [0.15, 0.2) is 21.3 Å². The first-order chi connectivity index (χ1) is 12.4. The summed E-state index contributed by atoms with van der Waals surface area (Å²) >= 11 is 0. The van der Waals surface area contributed by atoms with E-state index in [-0.39, 0.29) is 28.9 Å². The van der Waals surface area contributed by atoms with E-state index in [1.165, 1.54) is 0 Å². The highest BCUT2D eigenvalue weighted by Crippen LogP contribution is 2.43. The quantitative estimate of drug-likeness (QED) is 0.683. The predicted molar refractivity (Wildman–Crippen MR) is 97.6 cm³/mol. The van der Waals surface area contributed by atoms with Crippen LogP contribution in [0.5, 0.6) is 11.5 Å². The van der Waals surface area contributed by atoms with Gasteiger partial charge in [-0.05, 0) is 19.8 Å². The zero-order valence-corrected chi connectivity index (χ0v) is 15.2. The molecule has 1 aliphatic heterocycles. The molecule has 1 aromatic carbocycles. The van der Waals surface area contributed by atoms with Gasteiger partial charge < -0.3 is 24.5 Å². The number of hydrogen-bond acceptors (Lipinski definition) is 6. The van der Waals surface area contributed by atoms with Crippen molar-refractivity contribution in [1.29, 1.82) is 0 Å². The van der Waals surface area contributed by atoms with E-state index in [1.54, 1.807) is 6.07 Å². The van der Waals surface area contributed by atoms with Crippen LogP contribution in [0.1, 0.15) is 57.3 Å². The first-order valence-electron chi connectivity index (χ1n) is 9.19. The Hall–Kier alpha value is -2.05. The van der Waals surface area contributed by atoms with Crippen LogP contribution in [0.4, 0.5) is 0 Å². The number of aliphatic hydroxyl groups is 2. The number of aromatic hydroxyl groups is 1. The molecule has 1 aromatic heterocycles. The molecule has 6 heteroatoms. The molecule has 6 nitrogen and oxygen atoms in total. The number of benzene rings is 1. The summed E-state index contributed by atoms with van der Waals surface area (Å²) in [6, 6.07) is 2.73. The summed E-state index contributed by atoms with van der Waals surface area (Å²) in [6.07, 6.45) is 4.43. The summed E-state index contributed by atoms with van der Waals surface area (Å²) in [6.45, 7) is 3.61. The fourth-order valence-electron chi connectivity index (χ4n) is 3.59. The van der Waals surface area contributed by atoms with Gasteiger partial charge in [0.2, 0.25) is 0 Å². The lowest BCUT2D eigenvalue weighted by Crippen LogP contribution is -2.49. The molecule has 3 N–H and O–H groups in total. The second-order valence-corrected chi connectivity index (χ2v) is 7.26. The van der Waals surface area contributed by atoms with Crippen molar-refractivity contribution < 1.29 is 24.5 Å². The highest BCUT2D eigenvalue weighted by atomic mass is 16.5. The molecule has 142 valence electrons. The zero-order chi connectivity index (χ0) is 18.9. The van der Waals surface area contributed by atoms with Crippen molar-refractivity contribution in [2.75, 3.05) is 0 Å². The van der Waals surface area contributed by atoms with Gasteiger partial charge in [0.05, 0.1) is 6.10 Å². The molecule has 0 saturated heterocycles. The third-order valence-corrected chi connectivity index (χ3v) is 5.24. The van der Waals surface area contributed by atoms with E-state index in [0.29, 0.717) is 17.7 Å². The first-order valence-corrected chi connectivity index (χ1v) is 9.19. The van der Waals surface area contributed by atoms with E-state index < -0.39 is 23.7 Å². The molecule has 2 heterocycles. The molecule has 3 rings (SSSR count). The van der Waals surface area contributed by atoms with Crippen LogP contribution in [-0.2, 0) is 13.0 Å². The molecule has 0 fully saturated rings. The van der Waals surface area contributed by atoms with Crippen molar-refractivity contribution in [1.82, 2.24) is 0 Å². The number of hydrogen-bond donors (Lipinski definition) is 3. The third-order valence-electron chi connectivity index (χ3n) is 5.24. The van der Waals surface area contributed by atoms with Crippen molar-refractivity contribution >= 4 is 11.0 Å². The van der Waals surface area contributed by atoms with Crippen molar-refractivity contribution in [2.24, 2.45) is 0 Å². The fourth-order valence-corrected chi connectivity index (χ4v) is 3.59. The number of rotatable bonds is 6. The van der Waals surface area contributed by atoms with Crippen LogP contribution in [0.3, 0.4) is 0 Å². The van der Waals surface area contributed by atoms with E-state index >= 15 is 0 Å². The van der Waals surface area contributed by atoms with Gasteiger partial charge in [0, 0.05) is 24.1 Å². The number of phenols is 1. The maximum Gasteiger partial charge on any atom is 0.196 e. The molecule has 0 radical (unpaired) electrons. The average Bonchev–Trinajstić information content (AvgIpc) is 2.60. The zero-order valence-electron chi connectivity index (χ0n) is 15.2. The van der Waals surface area contributed by atoms with Gasteiger partial charge in [-0.15, -0.1) is 0 Å². The van der Waals surface area contributed by atoms with Gasteiger partial charge >= 0.3 is 0 Å². The molecule has 0 bridgehead atoms. The third kappa shape index (κ3) is 3.31. The molecule has 2 aromatic rings. The van der Waals surface area contributed by atoms with Crippen molar-refractivity contribution in [3.63, 3.8) is 0 Å². The van der Waals surface area contributed by atoms with E-state index in [0.717, 1.165) is 31.7 Å². The minimum absolute atomic E-state index is 0.0447. The number of phenolic OH excluding ortho intramolecular Hbond substituents is 1. The predicted octanol–water partition coefficient (Wildman–Crippen LogP) is 3.02. The van der Waals surface area contributed by atoms with Crippen LogP contribution in [0, 0.1) is 0 Å². The van der Waals surface area contributed by atoms with Gasteiger partial charge in [0.1, 0.15) is 40.4 Å². The minimum atomic E-state index is -0.774. The lowest BCUT2D eigenvalue weighted by molar-refractivity contribution is -0.0610. The smallest absolute Gasteiger partial charge is 0.196 e. The monoisotopic (exact) mass is 362 g/mol. The first kappa shape index (κ1) is 18.7. The lowest BCUT2D eigenvalue weighted by Gasteiger charge is -2.40. The molecule has 0 saturated carbocycles. The summed E-state index contributed by atoms with van der Waals surface area (Å²) in [5, 5.41) is 30.4. The molecule has 1 aliphatic rings. The highest BCUT2D eigenvalue weighted by molar-refractivity contribution is 5.87. The van der Waals surface area contributed by atoms with E-state index in [9.17, 15) is 20.1 Å². The Kier molecular flexibility index (Phi) is 5.25. The van der Waals surface area contributed by atoms with Crippen molar-refractivity contribution in [2.45, 2.75) is 70.7 Å². The molecule has 26 heavy (non-hydrogen) atoms. The van der Waals surface area contributed by atoms with E-state index in [1.807, 2.05) is 6.92 Å². The van der Waals surface area contributed by atoms with E-state index in [2.05, 4.69) is 6.92 Å². The SMILES string of the molecule is CCCCCCC1(C)Oc2cc3oc(CO)cc(=O)c3c(O)c2CC1O. The molecule has 0 spiro atoms. The van der Waals surface area contributed by atoms with Crippen molar-refractivity contribution in [3.05, 3.63) is 33.7 Å². The minimum Gasteiger partial charge on any atom is -0.507 e. The summed E-state index contributed by atoms with van der Waals surface area (Å²) < 4.78 is 11.6. The van der Waals surface area contributed by atoms with Crippen LogP contribution >= 0.6 is 0 Å². The average molecular weight is 362 g/mol. The number of fused-ring (bicyclic) bond motifs is 2. The molecule has 2 atom stereocenters. The molecular formula is C20H26O6. The van der Waals surface area contributed by atoms with Gasteiger partial charge in [-0.3, -0.25) is 4.79 Å². The normalized spacial score (nSPS) is 22.2. The standard InChI is InChI=1S/C20H26O6/c1-3-4-5-6-7-20(2)17(23)9-13-15(26-20)10-16-18(19(13)24)14(22)8-12(11-21)25-16/h8,10,17,21,23-24H,3-7,9,11H2,1-2H3. The molecule has 0 aliphatic carbocycles. The maximum atomic E-state index is 12.2. The van der Waals surface area contributed by atoms with Crippen LogP contribution in [-0.4, -0.2) is 27.0 Å². The number of ether oxygens (including phenoxy) is 1. The Labute approximate surface area is 152 Å². The summed E-state index contributed by atoms with van der Waals surface area (Å²) in [4.78, 5) is 12.2. The van der Waals surface area contributed by atoms with E-state index in [4.69, 9.17) is 9.15 Å². The topological polar surface area (TPSA) is 100 Å². The number of aliphatic hydroxyl groups excluding tert-OH is 2. The highest BCUT2D eigenvalue weighted by Gasteiger charge is 2.41. The number of unbranched alkanes of at least 4 members (excludes halogenated alkanes) is 3. The summed E-state index contributed by atoms with van der Waals surface area (Å²) in [5.74, 6) is 0.319.